The number of ether oxygens (including phenoxy) is 2. The van der Waals surface area contributed by atoms with Crippen LogP contribution in [-0.2, 0) is 0 Å². The SMILES string of the molecule is C#CC(CC)Nc1ccc2c(c1)OCO2. The van der Waals surface area contributed by atoms with Gasteiger partial charge in [0.2, 0.25) is 6.79 Å². The van der Waals surface area contributed by atoms with Crippen molar-refractivity contribution in [1.29, 1.82) is 0 Å². The first-order valence-electron chi connectivity index (χ1n) is 4.96. The molecule has 78 valence electrons. The van der Waals surface area contributed by atoms with Crippen molar-refractivity contribution in [2.45, 2.75) is 19.4 Å². The molecule has 15 heavy (non-hydrogen) atoms. The van der Waals surface area contributed by atoms with Crippen LogP contribution in [0.2, 0.25) is 0 Å². The quantitative estimate of drug-likeness (QED) is 0.764. The van der Waals surface area contributed by atoms with Gasteiger partial charge in [-0.1, -0.05) is 12.8 Å². The highest BCUT2D eigenvalue weighted by atomic mass is 16.7. The molecule has 0 aromatic heterocycles. The van der Waals surface area contributed by atoms with Crippen LogP contribution in [0.4, 0.5) is 5.69 Å². The van der Waals surface area contributed by atoms with Crippen molar-refractivity contribution in [3.63, 3.8) is 0 Å². The predicted molar refractivity (Wildman–Crippen MR) is 59.1 cm³/mol. The van der Waals surface area contributed by atoms with Crippen molar-refractivity contribution in [3.05, 3.63) is 18.2 Å². The van der Waals surface area contributed by atoms with Gasteiger partial charge in [-0.25, -0.2) is 0 Å². The lowest BCUT2D eigenvalue weighted by molar-refractivity contribution is 0.174. The Bertz CT molecular complexity index is 395. The van der Waals surface area contributed by atoms with E-state index in [1.165, 1.54) is 0 Å². The topological polar surface area (TPSA) is 30.5 Å². The van der Waals surface area contributed by atoms with E-state index in [1.807, 2.05) is 25.1 Å². The van der Waals surface area contributed by atoms with Gasteiger partial charge in [0.1, 0.15) is 0 Å². The summed E-state index contributed by atoms with van der Waals surface area (Å²) in [5, 5.41) is 3.24. The number of nitrogens with one attached hydrogen (secondary N) is 1. The van der Waals surface area contributed by atoms with Crippen molar-refractivity contribution < 1.29 is 9.47 Å². The molecule has 1 aliphatic heterocycles. The second-order valence-electron chi connectivity index (χ2n) is 3.34. The first-order valence-corrected chi connectivity index (χ1v) is 4.96. The molecule has 0 saturated carbocycles. The molecule has 1 aromatic carbocycles. The summed E-state index contributed by atoms with van der Waals surface area (Å²) in [6.07, 6.45) is 6.27. The maximum Gasteiger partial charge on any atom is 0.231 e. The van der Waals surface area contributed by atoms with E-state index in [-0.39, 0.29) is 6.04 Å². The van der Waals surface area contributed by atoms with Gasteiger partial charge < -0.3 is 14.8 Å². The van der Waals surface area contributed by atoms with Crippen molar-refractivity contribution in [3.8, 4) is 23.8 Å². The van der Waals surface area contributed by atoms with Crippen LogP contribution >= 0.6 is 0 Å². The van der Waals surface area contributed by atoms with Crippen molar-refractivity contribution >= 4 is 5.69 Å². The molecule has 0 fully saturated rings. The van der Waals surface area contributed by atoms with Crippen LogP contribution in [0.3, 0.4) is 0 Å². The molecule has 0 saturated heterocycles. The van der Waals surface area contributed by atoms with E-state index < -0.39 is 0 Å². The van der Waals surface area contributed by atoms with E-state index in [1.54, 1.807) is 0 Å². The maximum atomic E-state index is 5.38. The molecule has 1 heterocycles. The molecule has 1 atom stereocenters. The van der Waals surface area contributed by atoms with Crippen LogP contribution in [0, 0.1) is 12.3 Å². The number of anilines is 1. The molecular weight excluding hydrogens is 190 g/mol. The molecule has 0 bridgehead atoms. The average Bonchev–Trinajstić information content (AvgIpc) is 2.73. The Morgan fingerprint density at radius 2 is 2.27 bits per heavy atom. The lowest BCUT2D eigenvalue weighted by Crippen LogP contribution is -2.15. The van der Waals surface area contributed by atoms with Crippen LogP contribution in [0.15, 0.2) is 18.2 Å². The van der Waals surface area contributed by atoms with Gasteiger partial charge in [-0.2, -0.15) is 0 Å². The van der Waals surface area contributed by atoms with Crippen molar-refractivity contribution in [2.75, 3.05) is 12.1 Å². The van der Waals surface area contributed by atoms with Crippen LogP contribution in [-0.4, -0.2) is 12.8 Å². The fourth-order valence-electron chi connectivity index (χ4n) is 1.45. The Kier molecular flexibility index (Phi) is 2.68. The maximum absolute atomic E-state index is 5.38. The molecule has 0 spiro atoms. The van der Waals surface area contributed by atoms with Gasteiger partial charge in [0.05, 0.1) is 6.04 Å². The largest absolute Gasteiger partial charge is 0.454 e. The molecule has 3 heteroatoms. The summed E-state index contributed by atoms with van der Waals surface area (Å²) < 4.78 is 10.5. The number of fused-ring (bicyclic) bond motifs is 1. The molecule has 0 aliphatic carbocycles. The fourth-order valence-corrected chi connectivity index (χ4v) is 1.45. The average molecular weight is 203 g/mol. The zero-order valence-electron chi connectivity index (χ0n) is 8.62. The number of terminal acetylenes is 1. The molecular formula is C12H13NO2. The fraction of sp³-hybridized carbons (Fsp3) is 0.333. The minimum Gasteiger partial charge on any atom is -0.454 e. The summed E-state index contributed by atoms with van der Waals surface area (Å²) in [4.78, 5) is 0. The summed E-state index contributed by atoms with van der Waals surface area (Å²) in [6, 6.07) is 5.79. The van der Waals surface area contributed by atoms with E-state index in [0.717, 1.165) is 23.6 Å². The van der Waals surface area contributed by atoms with Gasteiger partial charge in [0.15, 0.2) is 11.5 Å². The Labute approximate surface area is 89.4 Å². The Morgan fingerprint density at radius 3 is 3.00 bits per heavy atom. The van der Waals surface area contributed by atoms with Crippen molar-refractivity contribution in [1.82, 2.24) is 0 Å². The third-order valence-corrected chi connectivity index (χ3v) is 2.32. The molecule has 0 radical (unpaired) electrons. The number of hydrogen-bond donors (Lipinski definition) is 1. The first-order chi connectivity index (χ1) is 7.33. The van der Waals surface area contributed by atoms with Gasteiger partial charge in [-0.15, -0.1) is 6.42 Å². The van der Waals surface area contributed by atoms with Crippen LogP contribution in [0.5, 0.6) is 11.5 Å². The number of rotatable bonds is 3. The van der Waals surface area contributed by atoms with Crippen LogP contribution in [0.1, 0.15) is 13.3 Å². The second-order valence-corrected chi connectivity index (χ2v) is 3.34. The summed E-state index contributed by atoms with van der Waals surface area (Å²) in [5.41, 5.74) is 0.962. The summed E-state index contributed by atoms with van der Waals surface area (Å²) in [6.45, 7) is 2.34. The highest BCUT2D eigenvalue weighted by Gasteiger charge is 2.13. The standard InChI is InChI=1S/C12H13NO2/c1-3-9(4-2)13-10-5-6-11-12(7-10)15-8-14-11/h1,5-7,9,13H,4,8H2,2H3. The Hall–Kier alpha value is -1.82. The number of hydrogen-bond acceptors (Lipinski definition) is 3. The van der Waals surface area contributed by atoms with Gasteiger partial charge >= 0.3 is 0 Å². The van der Waals surface area contributed by atoms with Crippen LogP contribution in [0.25, 0.3) is 0 Å². The van der Waals surface area contributed by atoms with E-state index in [2.05, 4.69) is 11.2 Å². The molecule has 1 aromatic rings. The predicted octanol–water partition coefficient (Wildman–Crippen LogP) is 2.24. The monoisotopic (exact) mass is 203 g/mol. The third-order valence-electron chi connectivity index (χ3n) is 2.32. The zero-order chi connectivity index (χ0) is 10.7. The lowest BCUT2D eigenvalue weighted by Gasteiger charge is -2.12. The number of benzene rings is 1. The van der Waals surface area contributed by atoms with E-state index >= 15 is 0 Å². The molecule has 0 amide bonds. The molecule has 1 N–H and O–H groups in total. The summed E-state index contributed by atoms with van der Waals surface area (Å²) >= 11 is 0. The third kappa shape index (κ3) is 1.99. The highest BCUT2D eigenvalue weighted by Crippen LogP contribution is 2.34. The summed E-state index contributed by atoms with van der Waals surface area (Å²) in [5.74, 6) is 4.24. The van der Waals surface area contributed by atoms with E-state index in [0.29, 0.717) is 6.79 Å². The molecule has 2 rings (SSSR count). The smallest absolute Gasteiger partial charge is 0.231 e. The van der Waals surface area contributed by atoms with Gasteiger partial charge in [0.25, 0.3) is 0 Å². The Morgan fingerprint density at radius 1 is 1.47 bits per heavy atom. The normalized spacial score (nSPS) is 14.4. The van der Waals surface area contributed by atoms with Gasteiger partial charge in [-0.3, -0.25) is 0 Å². The van der Waals surface area contributed by atoms with E-state index in [4.69, 9.17) is 15.9 Å². The lowest BCUT2D eigenvalue weighted by atomic mass is 10.2. The van der Waals surface area contributed by atoms with Crippen molar-refractivity contribution in [2.24, 2.45) is 0 Å². The molecule has 1 unspecified atom stereocenters. The zero-order valence-corrected chi connectivity index (χ0v) is 8.62. The van der Waals surface area contributed by atoms with Gasteiger partial charge in [-0.05, 0) is 18.6 Å². The molecule has 3 nitrogen and oxygen atoms in total. The Balaban J connectivity index is 2.13. The van der Waals surface area contributed by atoms with E-state index in [9.17, 15) is 0 Å². The highest BCUT2D eigenvalue weighted by molar-refractivity contribution is 5.56. The molecule has 1 aliphatic rings. The van der Waals surface area contributed by atoms with Crippen LogP contribution < -0.4 is 14.8 Å². The second kappa shape index (κ2) is 4.14. The van der Waals surface area contributed by atoms with Gasteiger partial charge in [0, 0.05) is 11.8 Å². The summed E-state index contributed by atoms with van der Waals surface area (Å²) in [7, 11) is 0. The first kappa shape index (κ1) is 9.72. The minimum atomic E-state index is 0.0605. The minimum absolute atomic E-state index is 0.0605.